The van der Waals surface area contributed by atoms with Crippen LogP contribution >= 0.6 is 28.1 Å². The van der Waals surface area contributed by atoms with Crippen molar-refractivity contribution in [3.8, 4) is 5.82 Å². The molecule has 1 aromatic carbocycles. The van der Waals surface area contributed by atoms with Gasteiger partial charge in [-0.25, -0.2) is 4.98 Å². The molecular weight excluding hydrogens is 470 g/mol. The van der Waals surface area contributed by atoms with Crippen molar-refractivity contribution in [2.45, 2.75) is 19.0 Å². The van der Waals surface area contributed by atoms with Crippen molar-refractivity contribution in [2.75, 3.05) is 4.90 Å². The van der Waals surface area contributed by atoms with Crippen LogP contribution in [0, 0.1) is 6.92 Å². The highest BCUT2D eigenvalue weighted by Crippen LogP contribution is 2.42. The van der Waals surface area contributed by atoms with Crippen LogP contribution in [0.1, 0.15) is 29.0 Å². The van der Waals surface area contributed by atoms with Crippen LogP contribution in [0.3, 0.4) is 0 Å². The molecule has 0 radical (unpaired) electrons. The zero-order valence-corrected chi connectivity index (χ0v) is 19.2. The maximum Gasteiger partial charge on any atom is 0.174 e. The average Bonchev–Trinajstić information content (AvgIpc) is 3.41. The predicted molar refractivity (Wildman–Crippen MR) is 130 cm³/mol. The lowest BCUT2D eigenvalue weighted by molar-refractivity contribution is 0.548. The van der Waals surface area contributed by atoms with Crippen molar-refractivity contribution < 1.29 is 0 Å². The van der Waals surface area contributed by atoms with Crippen LogP contribution in [0.2, 0.25) is 0 Å². The maximum absolute atomic E-state index is 5.84. The van der Waals surface area contributed by atoms with E-state index in [9.17, 15) is 0 Å². The third-order valence-corrected chi connectivity index (χ3v) is 6.70. The highest BCUT2D eigenvalue weighted by Gasteiger charge is 2.42. The van der Waals surface area contributed by atoms with Gasteiger partial charge in [-0.15, -0.1) is 0 Å². The van der Waals surface area contributed by atoms with Crippen molar-refractivity contribution in [2.24, 2.45) is 0 Å². The second kappa shape index (κ2) is 8.24. The largest absolute Gasteiger partial charge is 0.351 e. The summed E-state index contributed by atoms with van der Waals surface area (Å²) < 4.78 is 3.19. The Labute approximate surface area is 194 Å². The number of rotatable bonds is 4. The molecule has 5 rings (SSSR count). The third kappa shape index (κ3) is 3.64. The van der Waals surface area contributed by atoms with Crippen molar-refractivity contribution in [3.63, 3.8) is 0 Å². The predicted octanol–water partition coefficient (Wildman–Crippen LogP) is 5.52. The molecular formula is C24H20BrN5S. The van der Waals surface area contributed by atoms with Gasteiger partial charge in [0, 0.05) is 34.4 Å². The SMILES string of the molecule is Cc1cc(N2C(=S)NC(c3ccccn3)C2c2cccn2-c2ccccn2)ccc1Br. The smallest absolute Gasteiger partial charge is 0.174 e. The van der Waals surface area contributed by atoms with E-state index in [0.29, 0.717) is 5.11 Å². The van der Waals surface area contributed by atoms with Crippen LogP contribution < -0.4 is 10.2 Å². The Morgan fingerprint density at radius 3 is 2.48 bits per heavy atom. The molecule has 2 atom stereocenters. The lowest BCUT2D eigenvalue weighted by Crippen LogP contribution is -2.30. The number of anilines is 1. The van der Waals surface area contributed by atoms with E-state index >= 15 is 0 Å². The fraction of sp³-hybridized carbons (Fsp3) is 0.125. The molecule has 4 aromatic rings. The summed E-state index contributed by atoms with van der Waals surface area (Å²) in [6, 6.07) is 22.2. The minimum absolute atomic E-state index is 0.0972. The molecule has 0 spiro atoms. The lowest BCUT2D eigenvalue weighted by atomic mass is 10.0. The normalized spacial score (nSPS) is 18.3. The molecule has 0 amide bonds. The van der Waals surface area contributed by atoms with Gasteiger partial charge in [-0.3, -0.25) is 4.98 Å². The van der Waals surface area contributed by atoms with E-state index in [-0.39, 0.29) is 12.1 Å². The van der Waals surface area contributed by atoms with E-state index in [1.54, 1.807) is 0 Å². The van der Waals surface area contributed by atoms with Gasteiger partial charge in [-0.2, -0.15) is 0 Å². The van der Waals surface area contributed by atoms with Crippen molar-refractivity contribution in [1.82, 2.24) is 19.9 Å². The fourth-order valence-electron chi connectivity index (χ4n) is 4.05. The Morgan fingerprint density at radius 2 is 1.77 bits per heavy atom. The van der Waals surface area contributed by atoms with Gasteiger partial charge in [0.15, 0.2) is 5.11 Å². The number of hydrogen-bond acceptors (Lipinski definition) is 3. The summed E-state index contributed by atoms with van der Waals surface area (Å²) in [4.78, 5) is 11.4. The first-order valence-corrected chi connectivity index (χ1v) is 11.2. The summed E-state index contributed by atoms with van der Waals surface area (Å²) in [5.41, 5.74) is 4.22. The Kier molecular flexibility index (Phi) is 5.29. The topological polar surface area (TPSA) is 46.0 Å². The standard InChI is InChI=1S/C24H20BrN5S/c1-16-15-17(10-11-18(16)25)30-23(22(28-24(30)31)19-7-2-4-12-26-19)20-8-6-14-29(20)21-9-3-5-13-27-21/h2-15,22-23H,1H3,(H,28,31). The summed E-state index contributed by atoms with van der Waals surface area (Å²) in [6.45, 7) is 2.09. The van der Waals surface area contributed by atoms with E-state index < -0.39 is 0 Å². The molecule has 5 nitrogen and oxygen atoms in total. The summed E-state index contributed by atoms with van der Waals surface area (Å²) in [5.74, 6) is 0.868. The molecule has 1 N–H and O–H groups in total. The van der Waals surface area contributed by atoms with E-state index in [0.717, 1.165) is 32.9 Å². The number of nitrogens with zero attached hydrogens (tertiary/aromatic N) is 4. The first kappa shape index (κ1) is 19.9. The molecule has 2 unspecified atom stereocenters. The van der Waals surface area contributed by atoms with E-state index in [2.05, 4.69) is 71.9 Å². The fourth-order valence-corrected chi connectivity index (χ4v) is 4.64. The molecule has 1 aliphatic rings. The zero-order chi connectivity index (χ0) is 21.4. The molecule has 0 bridgehead atoms. The highest BCUT2D eigenvalue weighted by atomic mass is 79.9. The minimum Gasteiger partial charge on any atom is -0.351 e. The quantitative estimate of drug-likeness (QED) is 0.382. The summed E-state index contributed by atoms with van der Waals surface area (Å²) in [5, 5.41) is 4.20. The molecule has 1 saturated heterocycles. The first-order chi connectivity index (χ1) is 15.1. The van der Waals surface area contributed by atoms with Gasteiger partial charge in [-0.05, 0) is 79.3 Å². The van der Waals surface area contributed by atoms with Gasteiger partial charge in [-0.1, -0.05) is 28.1 Å². The number of aryl methyl sites for hydroxylation is 1. The molecule has 3 aromatic heterocycles. The lowest BCUT2D eigenvalue weighted by Gasteiger charge is -2.29. The maximum atomic E-state index is 5.84. The number of hydrogen-bond donors (Lipinski definition) is 1. The summed E-state index contributed by atoms with van der Waals surface area (Å²) >= 11 is 9.45. The Morgan fingerprint density at radius 1 is 0.968 bits per heavy atom. The van der Waals surface area contributed by atoms with Crippen LogP contribution in [0.4, 0.5) is 5.69 Å². The van der Waals surface area contributed by atoms with Gasteiger partial charge < -0.3 is 14.8 Å². The van der Waals surface area contributed by atoms with Gasteiger partial charge >= 0.3 is 0 Å². The van der Waals surface area contributed by atoms with E-state index in [1.165, 1.54) is 0 Å². The molecule has 154 valence electrons. The second-order valence-electron chi connectivity index (χ2n) is 7.42. The molecule has 7 heteroatoms. The number of aromatic nitrogens is 3. The first-order valence-electron chi connectivity index (χ1n) is 9.99. The molecule has 0 aliphatic carbocycles. The zero-order valence-electron chi connectivity index (χ0n) is 16.8. The van der Waals surface area contributed by atoms with E-state index in [1.807, 2.05) is 61.1 Å². The Bertz CT molecular complexity index is 1230. The van der Waals surface area contributed by atoms with Crippen LogP contribution in [0.5, 0.6) is 0 Å². The van der Waals surface area contributed by atoms with E-state index in [4.69, 9.17) is 12.2 Å². The summed E-state index contributed by atoms with van der Waals surface area (Å²) in [7, 11) is 0. The molecule has 1 fully saturated rings. The van der Waals surface area contributed by atoms with Gasteiger partial charge in [0.25, 0.3) is 0 Å². The van der Waals surface area contributed by atoms with Crippen molar-refractivity contribution in [3.05, 3.63) is 107 Å². The third-order valence-electron chi connectivity index (χ3n) is 5.50. The molecule has 31 heavy (non-hydrogen) atoms. The van der Waals surface area contributed by atoms with Crippen LogP contribution in [-0.4, -0.2) is 19.6 Å². The Balaban J connectivity index is 1.68. The average molecular weight is 490 g/mol. The number of halogens is 1. The highest BCUT2D eigenvalue weighted by molar-refractivity contribution is 9.10. The van der Waals surface area contributed by atoms with Gasteiger partial charge in [0.1, 0.15) is 11.9 Å². The summed E-state index contributed by atoms with van der Waals surface area (Å²) in [6.07, 6.45) is 5.67. The molecule has 0 saturated carbocycles. The van der Waals surface area contributed by atoms with Crippen LogP contribution in [-0.2, 0) is 0 Å². The number of pyridine rings is 2. The second-order valence-corrected chi connectivity index (χ2v) is 8.66. The number of nitrogens with one attached hydrogen (secondary N) is 1. The van der Waals surface area contributed by atoms with Gasteiger partial charge in [0.2, 0.25) is 0 Å². The number of thiocarbonyl (C=S) groups is 1. The van der Waals surface area contributed by atoms with Gasteiger partial charge in [0.05, 0.1) is 11.7 Å². The van der Waals surface area contributed by atoms with Crippen LogP contribution in [0.15, 0.2) is 89.8 Å². The Hall–Kier alpha value is -3.03. The monoisotopic (exact) mass is 489 g/mol. The van der Waals surface area contributed by atoms with Crippen molar-refractivity contribution >= 4 is 38.9 Å². The molecule has 4 heterocycles. The minimum atomic E-state index is -0.102. The van der Waals surface area contributed by atoms with Crippen LogP contribution in [0.25, 0.3) is 5.82 Å². The molecule has 1 aliphatic heterocycles. The van der Waals surface area contributed by atoms with Crippen molar-refractivity contribution in [1.29, 1.82) is 0 Å². The number of benzene rings is 1.